The van der Waals surface area contributed by atoms with Crippen LogP contribution in [0.1, 0.15) is 177 Å². The third kappa shape index (κ3) is 6.94. The Kier molecular flexibility index (Phi) is 11.6. The molecule has 0 bridgehead atoms. The molecule has 0 amide bonds. The van der Waals surface area contributed by atoms with Gasteiger partial charge < -0.3 is 25.5 Å². The Labute approximate surface area is 389 Å². The van der Waals surface area contributed by atoms with Crippen molar-refractivity contribution in [2.24, 2.45) is 63.6 Å². The van der Waals surface area contributed by atoms with Gasteiger partial charge in [-0.3, -0.25) is 4.79 Å². The Morgan fingerprint density at radius 3 is 1.85 bits per heavy atom. The van der Waals surface area contributed by atoms with Crippen LogP contribution >= 0.6 is 0 Å². The minimum atomic E-state index is -0.919. The molecular weight excluding hydrogens is 805 g/mol. The van der Waals surface area contributed by atoms with E-state index < -0.39 is 11.2 Å². The van der Waals surface area contributed by atoms with Crippen molar-refractivity contribution in [2.75, 3.05) is 0 Å². The van der Waals surface area contributed by atoms with Gasteiger partial charge in [-0.15, -0.1) is 12.8 Å². The molecule has 0 unspecified atom stereocenters. The molecule has 2 aromatic carbocycles. The molecule has 0 saturated heterocycles. The maximum Gasteiger partial charge on any atom is 0.155 e. The second-order valence-corrected chi connectivity index (χ2v) is 23.6. The van der Waals surface area contributed by atoms with Crippen LogP contribution in [0.4, 0.5) is 0 Å². The zero-order valence-corrected chi connectivity index (χ0v) is 39.5. The van der Waals surface area contributed by atoms with Crippen LogP contribution in [-0.2, 0) is 17.6 Å². The molecule has 6 nitrogen and oxygen atoms in total. The fourth-order valence-corrected chi connectivity index (χ4v) is 18.3. The number of rotatable bonds is 1. The van der Waals surface area contributed by atoms with Gasteiger partial charge in [-0.25, -0.2) is 0 Å². The topological polar surface area (TPSA) is 118 Å². The summed E-state index contributed by atoms with van der Waals surface area (Å²) in [6.07, 6.45) is 35.4. The predicted octanol–water partition coefficient (Wildman–Crippen LogP) is 11.1. The number of hydrogen-bond acceptors (Lipinski definition) is 6. The molecule has 0 spiro atoms. The Morgan fingerprint density at radius 1 is 0.600 bits per heavy atom. The average molecular weight is 881 g/mol. The van der Waals surface area contributed by atoms with E-state index in [1.54, 1.807) is 0 Å². The number of aliphatic hydroxyl groups is 3. The molecule has 0 aliphatic heterocycles. The van der Waals surface area contributed by atoms with Gasteiger partial charge in [0.25, 0.3) is 0 Å². The van der Waals surface area contributed by atoms with Crippen molar-refractivity contribution < 1.29 is 30.3 Å². The van der Waals surface area contributed by atoms with Crippen LogP contribution in [0.5, 0.6) is 11.5 Å². The molecule has 0 heterocycles. The molecule has 348 valence electrons. The van der Waals surface area contributed by atoms with Gasteiger partial charge in [-0.1, -0.05) is 50.3 Å². The molecule has 10 aliphatic carbocycles. The molecule has 16 atom stereocenters. The van der Waals surface area contributed by atoms with Crippen molar-refractivity contribution >= 4 is 5.78 Å². The number of hydrogen-bond donors (Lipinski definition) is 5. The first kappa shape index (κ1) is 45.2. The van der Waals surface area contributed by atoms with E-state index in [1.165, 1.54) is 59.9 Å². The number of benzene rings is 2. The van der Waals surface area contributed by atoms with Gasteiger partial charge in [0.1, 0.15) is 22.7 Å². The highest BCUT2D eigenvalue weighted by molar-refractivity contribution is 5.91. The number of aryl methyl sites for hydroxylation is 2. The Hall–Kier alpha value is -3.55. The summed E-state index contributed by atoms with van der Waals surface area (Å²) in [4.78, 5) is 11.8. The van der Waals surface area contributed by atoms with Crippen LogP contribution < -0.4 is 0 Å². The third-order valence-electron chi connectivity index (χ3n) is 21.8. The number of fused-ring (bicyclic) bond motifs is 15. The predicted molar refractivity (Wildman–Crippen MR) is 256 cm³/mol. The standard InChI is InChI=1S/C21H28O2.C20H24O2.C18H24O2/c1-3-20-11-9-17-16-8-6-15(22)13-14(16)5-7-18(17)19(20)10-12-21(20,23)4-2;1-3-20(22)11-9-18-17-6-4-13-12-14(21)5-7-15(13)16(17)8-10-19(18,20)2;1-18-9-8-14-13-5-3-12(19)10-11(13)2-4-15(14)16(18)6-7-17(18)20/h2,13,16-19,23H,3,5-12H2,1H3;1,5,7,12,16-18,21-22H,4,6,8-11H2,2H3;3,5,10,14-17,19-20H,2,4,6-9H2,1H3/t16-,17+,18+,19-,20-,21-;16-,17-,18+,19+,20+;14-,15-,16+,17+,18+/m011/s1. The van der Waals surface area contributed by atoms with E-state index in [-0.39, 0.29) is 22.3 Å². The van der Waals surface area contributed by atoms with Crippen LogP contribution in [0.25, 0.3) is 0 Å². The minimum absolute atomic E-state index is 0.0609. The smallest absolute Gasteiger partial charge is 0.155 e. The summed E-state index contributed by atoms with van der Waals surface area (Å²) >= 11 is 0. The number of ketones is 1. The van der Waals surface area contributed by atoms with Crippen molar-refractivity contribution in [2.45, 2.75) is 185 Å². The molecule has 7 saturated carbocycles. The summed E-state index contributed by atoms with van der Waals surface area (Å²) in [5.41, 5.74) is 5.16. The van der Waals surface area contributed by atoms with Gasteiger partial charge in [0.05, 0.1) is 6.10 Å². The first-order chi connectivity index (χ1) is 31.1. The number of terminal acetylenes is 2. The molecule has 2 aromatic rings. The van der Waals surface area contributed by atoms with Crippen LogP contribution in [0.2, 0.25) is 0 Å². The molecule has 7 fully saturated rings. The van der Waals surface area contributed by atoms with Gasteiger partial charge in [0, 0.05) is 17.3 Å². The average Bonchev–Trinajstić information content (AvgIpc) is 3.90. The van der Waals surface area contributed by atoms with Crippen LogP contribution in [0.3, 0.4) is 0 Å². The summed E-state index contributed by atoms with van der Waals surface area (Å²) < 4.78 is 0. The number of aromatic hydroxyl groups is 2. The lowest BCUT2D eigenvalue weighted by molar-refractivity contribution is -0.117. The first-order valence-corrected chi connectivity index (χ1v) is 26.1. The number of phenols is 2. The summed E-state index contributed by atoms with van der Waals surface area (Å²) in [5, 5.41) is 51.8. The first-order valence-electron chi connectivity index (χ1n) is 26.1. The van der Waals surface area contributed by atoms with Crippen molar-refractivity contribution in [3.05, 3.63) is 70.3 Å². The molecule has 10 aliphatic rings. The van der Waals surface area contributed by atoms with E-state index in [9.17, 15) is 30.3 Å². The highest BCUT2D eigenvalue weighted by Gasteiger charge is 2.64. The lowest BCUT2D eigenvalue weighted by atomic mass is 9.49. The second kappa shape index (κ2) is 16.6. The highest BCUT2D eigenvalue weighted by Crippen LogP contribution is 2.67. The van der Waals surface area contributed by atoms with Gasteiger partial charge in [-0.05, 0) is 246 Å². The van der Waals surface area contributed by atoms with Gasteiger partial charge in [-0.2, -0.15) is 0 Å². The quantitative estimate of drug-likeness (QED) is 0.182. The summed E-state index contributed by atoms with van der Waals surface area (Å²) in [6.45, 7) is 6.75. The van der Waals surface area contributed by atoms with E-state index in [0.717, 1.165) is 109 Å². The Morgan fingerprint density at radius 2 is 1.20 bits per heavy atom. The fourth-order valence-electron chi connectivity index (χ4n) is 18.3. The van der Waals surface area contributed by atoms with E-state index in [2.05, 4.69) is 44.7 Å². The van der Waals surface area contributed by atoms with E-state index in [0.29, 0.717) is 70.5 Å². The Balaban J connectivity index is 0.000000115. The molecule has 65 heavy (non-hydrogen) atoms. The number of allylic oxidation sites excluding steroid dienone is 1. The molecular formula is C59H76O6. The normalized spacial score (nSPS) is 44.9. The molecule has 5 N–H and O–H groups in total. The van der Waals surface area contributed by atoms with Crippen molar-refractivity contribution in [1.82, 2.24) is 0 Å². The Bertz CT molecular complexity index is 2300. The maximum atomic E-state index is 11.8. The SMILES string of the molecule is C#C[C@]1(O)CC[C@H]2[C@@H]3CCC4=CC(=O)CC[C@@H]4[C@H]3CC[C@@]21CC.C#C[C@]1(O)CC[C@H]2[C@@H]3CCc4cc(O)ccc4[C@H]3CC[C@@]21C.C[C@]12CC[C@@H]3c4ccc(O)cc4CC[C@H]3[C@@H]1CC[C@@H]2O. The zero-order valence-electron chi connectivity index (χ0n) is 39.5. The molecule has 12 rings (SSSR count). The van der Waals surface area contributed by atoms with Gasteiger partial charge in [0.15, 0.2) is 5.78 Å². The largest absolute Gasteiger partial charge is 0.508 e. The maximum absolute atomic E-state index is 11.8. The van der Waals surface area contributed by atoms with Gasteiger partial charge in [0.2, 0.25) is 0 Å². The fraction of sp³-hybridized carbons (Fsp3) is 0.678. The summed E-state index contributed by atoms with van der Waals surface area (Å²) in [6, 6.07) is 11.8. The third-order valence-corrected chi connectivity index (χ3v) is 21.8. The highest BCUT2D eigenvalue weighted by atomic mass is 16.3. The number of carbonyl (C=O) groups is 1. The van der Waals surface area contributed by atoms with E-state index in [4.69, 9.17) is 12.8 Å². The van der Waals surface area contributed by atoms with Crippen molar-refractivity contribution in [3.8, 4) is 36.2 Å². The van der Waals surface area contributed by atoms with Crippen LogP contribution in [0, 0.1) is 88.3 Å². The monoisotopic (exact) mass is 881 g/mol. The van der Waals surface area contributed by atoms with Crippen LogP contribution in [-0.4, -0.2) is 48.6 Å². The zero-order chi connectivity index (χ0) is 45.7. The van der Waals surface area contributed by atoms with Crippen LogP contribution in [0.15, 0.2) is 48.0 Å². The second-order valence-electron chi connectivity index (χ2n) is 23.6. The van der Waals surface area contributed by atoms with Crippen molar-refractivity contribution in [1.29, 1.82) is 0 Å². The summed E-state index contributed by atoms with van der Waals surface area (Å²) in [7, 11) is 0. The van der Waals surface area contributed by atoms with Crippen molar-refractivity contribution in [3.63, 3.8) is 0 Å². The number of aliphatic hydroxyl groups excluding tert-OH is 1. The number of carbonyl (C=O) groups excluding carboxylic acids is 1. The molecule has 6 heteroatoms. The lowest BCUT2D eigenvalue weighted by Crippen LogP contribution is -2.53. The van der Waals surface area contributed by atoms with Gasteiger partial charge >= 0.3 is 0 Å². The van der Waals surface area contributed by atoms with E-state index >= 15 is 0 Å². The summed E-state index contributed by atoms with van der Waals surface area (Å²) in [5.74, 6) is 13.0. The van der Waals surface area contributed by atoms with E-state index in [1.807, 2.05) is 30.3 Å². The minimum Gasteiger partial charge on any atom is -0.508 e. The molecule has 0 radical (unpaired) electrons. The lowest BCUT2D eigenvalue weighted by Gasteiger charge is -2.55. The molecule has 0 aromatic heterocycles. The number of phenolic OH excluding ortho intramolecular Hbond substituents is 2.